The number of nitrogens with two attached hydrogens (primary N) is 3. The number of amides is 6. The van der Waals surface area contributed by atoms with Gasteiger partial charge in [0.25, 0.3) is 0 Å². The maximum absolute atomic E-state index is 14.0. The molecule has 2 aromatic heterocycles. The molecule has 0 unspecified atom stereocenters. The Bertz CT molecular complexity index is 1760. The lowest BCUT2D eigenvalue weighted by atomic mass is 9.97. The van der Waals surface area contributed by atoms with E-state index in [0.29, 0.717) is 30.0 Å². The molecule has 0 bridgehead atoms. The van der Waals surface area contributed by atoms with E-state index in [2.05, 4.69) is 56.8 Å². The Kier molecular flexibility index (Phi) is 23.0. The third kappa shape index (κ3) is 18.5. The molecule has 0 spiro atoms. The van der Waals surface area contributed by atoms with E-state index in [-0.39, 0.29) is 50.5 Å². The highest BCUT2D eigenvalue weighted by atomic mass is 32.2. The summed E-state index contributed by atoms with van der Waals surface area (Å²) in [6.07, 6.45) is 8.40. The van der Waals surface area contributed by atoms with Crippen LogP contribution in [0.1, 0.15) is 71.2 Å². The summed E-state index contributed by atoms with van der Waals surface area (Å²) in [6.45, 7) is 6.20. The number of hydrogen-bond acceptors (Lipinski definition) is 13. The van der Waals surface area contributed by atoms with Crippen LogP contribution in [0.5, 0.6) is 0 Å². The second kappa shape index (κ2) is 27.2. The number of carboxylic acid groups (broad SMARTS) is 1. The summed E-state index contributed by atoms with van der Waals surface area (Å²) in [7, 11) is 0. The normalized spacial score (nSPS) is 15.0. The van der Waals surface area contributed by atoms with Gasteiger partial charge in [-0.05, 0) is 49.5 Å². The molecule has 2 heterocycles. The van der Waals surface area contributed by atoms with Crippen molar-refractivity contribution in [2.24, 2.45) is 34.0 Å². The van der Waals surface area contributed by atoms with Crippen molar-refractivity contribution in [3.63, 3.8) is 0 Å². The van der Waals surface area contributed by atoms with E-state index in [4.69, 9.17) is 17.2 Å². The number of aliphatic hydroxyl groups excluding tert-OH is 1. The van der Waals surface area contributed by atoms with Gasteiger partial charge < -0.3 is 69.3 Å². The summed E-state index contributed by atoms with van der Waals surface area (Å²) in [6, 6.07) is -8.89. The number of nitrogens with one attached hydrogen (secondary N) is 8. The standard InChI is InChI=1S/C38H64N14O9S/c1-6-21(4)30(36(59)50-28(37(60)61)14-23-16-43-19-46-23)52-35(58)29(17-53)51-33(56)26(12-20(2)3)49-32(55)25(8-7-10-44-38(40)41)47-34(57)27(13-22-15-42-18-45-22)48-31(54)24(39)9-11-62-5/h15-16,18-21,24-30,53H,6-14,17,39H2,1-5H3,(H,42,45)(H,43,46)(H,47,57)(H,48,54)(H,49,55)(H,50,59)(H,51,56)(H,52,58)(H,60,61)(H4,40,41,44)/t21-,24-,25-,26-,27-,28-,29-,30-/m0/s1. The van der Waals surface area contributed by atoms with E-state index < -0.39 is 96.2 Å². The topological polar surface area (TPSA) is 380 Å². The van der Waals surface area contributed by atoms with Gasteiger partial charge >= 0.3 is 5.97 Å². The quantitative estimate of drug-likeness (QED) is 0.0222. The van der Waals surface area contributed by atoms with Gasteiger partial charge in [-0.25, -0.2) is 14.8 Å². The number of aliphatic carboxylic acids is 1. The molecular formula is C38H64N14O9S. The van der Waals surface area contributed by atoms with Crippen LogP contribution >= 0.6 is 11.8 Å². The van der Waals surface area contributed by atoms with Gasteiger partial charge in [-0.3, -0.25) is 33.8 Å². The molecule has 62 heavy (non-hydrogen) atoms. The molecule has 0 aliphatic heterocycles. The lowest BCUT2D eigenvalue weighted by Crippen LogP contribution is -2.61. The summed E-state index contributed by atoms with van der Waals surface area (Å²) in [5.74, 6) is -6.28. The Labute approximate surface area is 364 Å². The van der Waals surface area contributed by atoms with E-state index in [1.54, 1.807) is 27.7 Å². The van der Waals surface area contributed by atoms with Crippen molar-refractivity contribution in [3.05, 3.63) is 36.4 Å². The first-order valence-corrected chi connectivity index (χ1v) is 21.7. The van der Waals surface area contributed by atoms with Gasteiger partial charge in [0.05, 0.1) is 25.3 Å². The second-order valence-electron chi connectivity index (χ2n) is 15.2. The summed E-state index contributed by atoms with van der Waals surface area (Å²) in [5, 5.41) is 35.5. The SMILES string of the molecule is CC[C@H](C)[C@H](NC(=O)[C@H](CO)NC(=O)[C@H](CC(C)C)NC(=O)[C@H](CCCN=C(N)N)NC(=O)[C@H](Cc1cnc[nH]1)NC(=O)[C@@H](N)CCSC)C(=O)N[C@@H](Cc1cnc[nH]1)C(=O)O. The Morgan fingerprint density at radius 2 is 1.26 bits per heavy atom. The van der Waals surface area contributed by atoms with Gasteiger partial charge in [0.2, 0.25) is 35.4 Å². The molecule has 23 nitrogen and oxygen atoms in total. The van der Waals surface area contributed by atoms with Crippen LogP contribution < -0.4 is 49.1 Å². The third-order valence-corrected chi connectivity index (χ3v) is 10.3. The number of guanidine groups is 1. The molecule has 2 aromatic rings. The van der Waals surface area contributed by atoms with Gasteiger partial charge in [-0.1, -0.05) is 34.1 Å². The van der Waals surface area contributed by atoms with Crippen LogP contribution in [0, 0.1) is 11.8 Å². The van der Waals surface area contributed by atoms with Crippen molar-refractivity contribution < 1.29 is 43.8 Å². The summed E-state index contributed by atoms with van der Waals surface area (Å²) in [4.78, 5) is 111. The van der Waals surface area contributed by atoms with Gasteiger partial charge in [0.15, 0.2) is 5.96 Å². The number of H-pyrrole nitrogens is 2. The molecule has 346 valence electrons. The fraction of sp³-hybridized carbons (Fsp3) is 0.632. The summed E-state index contributed by atoms with van der Waals surface area (Å²) in [5.41, 5.74) is 18.0. The maximum atomic E-state index is 14.0. The van der Waals surface area contributed by atoms with Crippen LogP contribution in [0.25, 0.3) is 0 Å². The lowest BCUT2D eigenvalue weighted by molar-refractivity contribution is -0.142. The van der Waals surface area contributed by atoms with E-state index in [9.17, 15) is 43.8 Å². The lowest BCUT2D eigenvalue weighted by Gasteiger charge is -2.29. The zero-order valence-corrected chi connectivity index (χ0v) is 36.6. The number of imidazole rings is 2. The Hall–Kier alpha value is -5.75. The highest BCUT2D eigenvalue weighted by Gasteiger charge is 2.35. The average Bonchev–Trinajstić information content (AvgIpc) is 3.95. The number of thioether (sulfide) groups is 1. The smallest absolute Gasteiger partial charge is 0.326 e. The van der Waals surface area contributed by atoms with E-state index in [1.807, 2.05) is 6.26 Å². The van der Waals surface area contributed by atoms with Crippen LogP contribution in [0.4, 0.5) is 0 Å². The molecule has 0 saturated carbocycles. The van der Waals surface area contributed by atoms with Gasteiger partial charge in [0, 0.05) is 43.2 Å². The van der Waals surface area contributed by atoms with Crippen molar-refractivity contribution in [1.82, 2.24) is 51.8 Å². The minimum atomic E-state index is -1.60. The molecule has 2 rings (SSSR count). The highest BCUT2D eigenvalue weighted by molar-refractivity contribution is 7.98. The summed E-state index contributed by atoms with van der Waals surface area (Å²) >= 11 is 1.51. The molecule has 0 saturated heterocycles. The minimum Gasteiger partial charge on any atom is -0.480 e. The van der Waals surface area contributed by atoms with Crippen molar-refractivity contribution in [2.45, 2.75) is 115 Å². The third-order valence-electron chi connectivity index (χ3n) is 9.70. The zero-order valence-electron chi connectivity index (χ0n) is 35.8. The number of aliphatic hydroxyl groups is 1. The number of rotatable bonds is 29. The largest absolute Gasteiger partial charge is 0.480 e. The number of aromatic nitrogens is 4. The number of aromatic amines is 2. The van der Waals surface area contributed by atoms with Crippen LogP contribution in [-0.4, -0.2) is 145 Å². The molecule has 0 aliphatic rings. The van der Waals surface area contributed by atoms with E-state index >= 15 is 0 Å². The molecule has 0 aliphatic carbocycles. The highest BCUT2D eigenvalue weighted by Crippen LogP contribution is 2.12. The minimum absolute atomic E-state index is 0.00626. The number of carbonyl (C=O) groups excluding carboxylic acids is 6. The molecule has 16 N–H and O–H groups in total. The van der Waals surface area contributed by atoms with E-state index in [0.717, 1.165) is 0 Å². The number of nitrogens with zero attached hydrogens (tertiary/aromatic N) is 3. The predicted molar refractivity (Wildman–Crippen MR) is 231 cm³/mol. The van der Waals surface area contributed by atoms with Crippen LogP contribution in [0.3, 0.4) is 0 Å². The van der Waals surface area contributed by atoms with Crippen LogP contribution in [-0.2, 0) is 46.4 Å². The Morgan fingerprint density at radius 3 is 1.77 bits per heavy atom. The van der Waals surface area contributed by atoms with Gasteiger partial charge in [-0.2, -0.15) is 11.8 Å². The Morgan fingerprint density at radius 1 is 0.742 bits per heavy atom. The van der Waals surface area contributed by atoms with Crippen molar-refractivity contribution in [3.8, 4) is 0 Å². The number of carbonyl (C=O) groups is 7. The second-order valence-corrected chi connectivity index (χ2v) is 16.2. The monoisotopic (exact) mass is 892 g/mol. The molecule has 24 heteroatoms. The molecule has 0 aromatic carbocycles. The summed E-state index contributed by atoms with van der Waals surface area (Å²) < 4.78 is 0. The fourth-order valence-electron chi connectivity index (χ4n) is 6.00. The van der Waals surface area contributed by atoms with Crippen molar-refractivity contribution in [2.75, 3.05) is 25.2 Å². The molecule has 0 radical (unpaired) electrons. The number of aliphatic imine (C=N–C) groups is 1. The van der Waals surface area contributed by atoms with Gasteiger partial charge in [0.1, 0.15) is 36.3 Å². The van der Waals surface area contributed by atoms with Crippen molar-refractivity contribution >= 4 is 59.1 Å². The number of carboxylic acids is 1. The first kappa shape index (κ1) is 52.4. The molecule has 0 fully saturated rings. The fourth-order valence-corrected chi connectivity index (χ4v) is 6.49. The predicted octanol–water partition coefficient (Wildman–Crippen LogP) is -2.87. The average molecular weight is 893 g/mol. The maximum Gasteiger partial charge on any atom is 0.326 e. The zero-order chi connectivity index (χ0) is 46.4. The van der Waals surface area contributed by atoms with Crippen LogP contribution in [0.15, 0.2) is 30.0 Å². The Balaban J connectivity index is 2.30. The van der Waals surface area contributed by atoms with Crippen LogP contribution in [0.2, 0.25) is 0 Å². The first-order chi connectivity index (χ1) is 29.4. The molecule has 6 amide bonds. The molecule has 8 atom stereocenters. The number of hydrogen-bond donors (Lipinski definition) is 13. The first-order valence-electron chi connectivity index (χ1n) is 20.3. The van der Waals surface area contributed by atoms with Crippen molar-refractivity contribution in [1.29, 1.82) is 0 Å². The van der Waals surface area contributed by atoms with E-state index in [1.165, 1.54) is 36.8 Å². The molecular weight excluding hydrogens is 829 g/mol. The van der Waals surface area contributed by atoms with Gasteiger partial charge in [-0.15, -0.1) is 0 Å².